The Morgan fingerprint density at radius 1 is 1.07 bits per heavy atom. The maximum Gasteiger partial charge on any atom is 0.337 e. The first-order valence-electron chi connectivity index (χ1n) is 8.16. The Morgan fingerprint density at radius 3 is 2.25 bits per heavy atom. The molecule has 0 saturated carbocycles. The summed E-state index contributed by atoms with van der Waals surface area (Å²) in [6.07, 6.45) is 0. The Hall–Kier alpha value is -3.33. The highest BCUT2D eigenvalue weighted by Crippen LogP contribution is 2.29. The summed E-state index contributed by atoms with van der Waals surface area (Å²) in [4.78, 5) is 48.1. The van der Waals surface area contributed by atoms with Crippen LogP contribution in [0.1, 0.15) is 26.3 Å². The number of amides is 2. The van der Waals surface area contributed by atoms with E-state index in [0.29, 0.717) is 16.8 Å². The van der Waals surface area contributed by atoms with Crippen molar-refractivity contribution in [1.29, 1.82) is 0 Å². The smallest absolute Gasteiger partial charge is 0.337 e. The van der Waals surface area contributed by atoms with Crippen molar-refractivity contribution in [3.8, 4) is 0 Å². The maximum atomic E-state index is 12.6. The summed E-state index contributed by atoms with van der Waals surface area (Å²) < 4.78 is 4.63. The van der Waals surface area contributed by atoms with Gasteiger partial charge in [0.2, 0.25) is 0 Å². The molecule has 1 fully saturated rings. The number of rotatable bonds is 6. The lowest BCUT2D eigenvalue weighted by Crippen LogP contribution is -2.34. The van der Waals surface area contributed by atoms with Crippen molar-refractivity contribution in [2.45, 2.75) is 11.9 Å². The second-order valence-corrected chi connectivity index (χ2v) is 6.94. The van der Waals surface area contributed by atoms with E-state index in [1.165, 1.54) is 31.4 Å². The zero-order valence-corrected chi connectivity index (χ0v) is 15.5. The molecule has 8 nitrogen and oxygen atoms in total. The largest absolute Gasteiger partial charge is 0.545 e. The molecule has 0 spiro atoms. The fourth-order valence-electron chi connectivity index (χ4n) is 2.58. The zero-order chi connectivity index (χ0) is 20.3. The van der Waals surface area contributed by atoms with Gasteiger partial charge in [-0.05, 0) is 47.2 Å². The first-order valence-corrected chi connectivity index (χ1v) is 9.04. The lowest BCUT2D eigenvalue weighted by Gasteiger charge is -2.15. The van der Waals surface area contributed by atoms with Gasteiger partial charge in [-0.3, -0.25) is 14.5 Å². The molecular formula is C19H15N2O6S-. The highest BCUT2D eigenvalue weighted by molar-refractivity contribution is 8.15. The Labute approximate surface area is 164 Å². The molecule has 0 aromatic heterocycles. The molecule has 3 rings (SSSR count). The molecule has 1 aliphatic rings. The number of aromatic carboxylic acids is 1. The van der Waals surface area contributed by atoms with Crippen LogP contribution in [0.4, 0.5) is 10.5 Å². The van der Waals surface area contributed by atoms with Gasteiger partial charge in [0.1, 0.15) is 0 Å². The third kappa shape index (κ3) is 4.15. The zero-order valence-electron chi connectivity index (χ0n) is 14.7. The molecule has 0 unspecified atom stereocenters. The minimum absolute atomic E-state index is 0.0205. The van der Waals surface area contributed by atoms with Crippen LogP contribution in [0.2, 0.25) is 0 Å². The number of benzene rings is 2. The van der Waals surface area contributed by atoms with Crippen LogP contribution in [0.15, 0.2) is 48.5 Å². The number of esters is 1. The number of thioether (sulfide) groups is 1. The fraction of sp³-hybridized carbons (Fsp3) is 0.158. The van der Waals surface area contributed by atoms with Crippen LogP contribution in [0.5, 0.6) is 0 Å². The highest BCUT2D eigenvalue weighted by atomic mass is 32.2. The summed E-state index contributed by atoms with van der Waals surface area (Å²) in [6.45, 7) is 0.0391. The third-order valence-electron chi connectivity index (χ3n) is 4.06. The van der Waals surface area contributed by atoms with Crippen molar-refractivity contribution in [1.82, 2.24) is 4.90 Å². The molecule has 2 aromatic rings. The van der Waals surface area contributed by atoms with E-state index in [1.54, 1.807) is 24.3 Å². The number of carboxylic acid groups (broad SMARTS) is 1. The Balaban J connectivity index is 1.66. The molecule has 1 N–H and O–H groups in total. The van der Waals surface area contributed by atoms with E-state index >= 15 is 0 Å². The molecule has 0 radical (unpaired) electrons. The van der Waals surface area contributed by atoms with Gasteiger partial charge in [0.05, 0.1) is 25.2 Å². The normalized spacial score (nSPS) is 16.2. The first kappa shape index (κ1) is 19.4. The number of ether oxygens (including phenoxy) is 1. The molecule has 1 saturated heterocycles. The van der Waals surface area contributed by atoms with E-state index in [9.17, 15) is 24.3 Å². The van der Waals surface area contributed by atoms with Crippen LogP contribution in [-0.2, 0) is 16.1 Å². The van der Waals surface area contributed by atoms with E-state index < -0.39 is 28.5 Å². The number of carbonyl (C=O) groups excluding carboxylic acids is 4. The average Bonchev–Trinajstić information content (AvgIpc) is 2.95. The number of nitrogens with one attached hydrogen (secondary N) is 1. The summed E-state index contributed by atoms with van der Waals surface area (Å²) in [5, 5.41) is 12.5. The summed E-state index contributed by atoms with van der Waals surface area (Å²) in [5.41, 5.74) is 1.59. The minimum Gasteiger partial charge on any atom is -0.545 e. The number of anilines is 1. The van der Waals surface area contributed by atoms with Crippen LogP contribution in [0.25, 0.3) is 0 Å². The molecule has 28 heavy (non-hydrogen) atoms. The topological polar surface area (TPSA) is 116 Å². The van der Waals surface area contributed by atoms with Crippen molar-refractivity contribution in [2.24, 2.45) is 0 Å². The van der Waals surface area contributed by atoms with Crippen LogP contribution in [0.3, 0.4) is 0 Å². The molecule has 1 heterocycles. The van der Waals surface area contributed by atoms with Gasteiger partial charge in [0.25, 0.3) is 11.1 Å². The predicted octanol–water partition coefficient (Wildman–Crippen LogP) is 1.47. The molecule has 2 amide bonds. The number of hydrogen-bond donors (Lipinski definition) is 1. The molecule has 2 aromatic carbocycles. The summed E-state index contributed by atoms with van der Waals surface area (Å²) in [6, 6.07) is 12.1. The maximum absolute atomic E-state index is 12.6. The van der Waals surface area contributed by atoms with Gasteiger partial charge in [-0.25, -0.2) is 4.79 Å². The van der Waals surface area contributed by atoms with Gasteiger partial charge in [0, 0.05) is 5.69 Å². The van der Waals surface area contributed by atoms with Gasteiger partial charge >= 0.3 is 5.97 Å². The molecule has 1 atom stereocenters. The molecule has 144 valence electrons. The third-order valence-corrected chi connectivity index (χ3v) is 5.04. The quantitative estimate of drug-likeness (QED) is 0.726. The van der Waals surface area contributed by atoms with Gasteiger partial charge in [-0.1, -0.05) is 24.3 Å². The van der Waals surface area contributed by atoms with Crippen LogP contribution in [-0.4, -0.2) is 40.5 Å². The second kappa shape index (κ2) is 8.13. The molecule has 0 bridgehead atoms. The number of nitrogens with zero attached hydrogens (tertiary/aromatic N) is 1. The van der Waals surface area contributed by atoms with Crippen molar-refractivity contribution in [3.05, 3.63) is 65.2 Å². The summed E-state index contributed by atoms with van der Waals surface area (Å²) in [7, 11) is 1.29. The van der Waals surface area contributed by atoms with E-state index in [-0.39, 0.29) is 12.1 Å². The van der Waals surface area contributed by atoms with Crippen molar-refractivity contribution in [2.75, 3.05) is 12.4 Å². The van der Waals surface area contributed by atoms with Gasteiger partial charge in [0.15, 0.2) is 5.37 Å². The lowest BCUT2D eigenvalue weighted by atomic mass is 10.1. The summed E-state index contributed by atoms with van der Waals surface area (Å²) in [5.74, 6) is -2.17. The minimum atomic E-state index is -1.29. The fourth-order valence-corrected chi connectivity index (χ4v) is 3.49. The lowest BCUT2D eigenvalue weighted by molar-refractivity contribution is -0.255. The van der Waals surface area contributed by atoms with Crippen molar-refractivity contribution in [3.63, 3.8) is 0 Å². The average molecular weight is 399 g/mol. The van der Waals surface area contributed by atoms with E-state index in [1.807, 2.05) is 0 Å². The number of carbonyl (C=O) groups is 4. The number of methoxy groups -OCH3 is 1. The monoisotopic (exact) mass is 399 g/mol. The molecular weight excluding hydrogens is 384 g/mol. The standard InChI is InChI=1S/C19H16N2O6S/c1-27-18(25)13-6-8-14(9-7-13)20-15-16(22)21(19(26)28-15)10-11-2-4-12(5-3-11)17(23)24/h2-9,15,20H,10H2,1H3,(H,23,24)/p-1/t15-/m1/s1. The Kier molecular flexibility index (Phi) is 5.65. The first-order chi connectivity index (χ1) is 13.4. The van der Waals surface area contributed by atoms with E-state index in [4.69, 9.17) is 0 Å². The van der Waals surface area contributed by atoms with Crippen LogP contribution < -0.4 is 10.4 Å². The van der Waals surface area contributed by atoms with E-state index in [2.05, 4.69) is 10.1 Å². The number of hydrogen-bond acceptors (Lipinski definition) is 8. The molecule has 0 aliphatic carbocycles. The van der Waals surface area contributed by atoms with Gasteiger partial charge < -0.3 is 20.0 Å². The molecule has 1 aliphatic heterocycles. The Morgan fingerprint density at radius 2 is 1.68 bits per heavy atom. The predicted molar refractivity (Wildman–Crippen MR) is 99.5 cm³/mol. The van der Waals surface area contributed by atoms with Crippen molar-refractivity contribution < 1.29 is 29.0 Å². The number of imide groups is 1. The molecule has 9 heteroatoms. The van der Waals surface area contributed by atoms with Gasteiger partial charge in [-0.15, -0.1) is 0 Å². The van der Waals surface area contributed by atoms with Gasteiger partial charge in [-0.2, -0.15) is 0 Å². The van der Waals surface area contributed by atoms with Crippen LogP contribution in [0, 0.1) is 0 Å². The second-order valence-electron chi connectivity index (χ2n) is 5.89. The highest BCUT2D eigenvalue weighted by Gasteiger charge is 2.39. The van der Waals surface area contributed by atoms with E-state index in [0.717, 1.165) is 16.7 Å². The SMILES string of the molecule is COC(=O)c1ccc(N[C@@H]2SC(=O)N(Cc3ccc(C(=O)[O-])cc3)C2=O)cc1. The van der Waals surface area contributed by atoms with Crippen molar-refractivity contribution >= 4 is 40.5 Å². The Bertz CT molecular complexity index is 926. The van der Waals surface area contributed by atoms with Crippen LogP contribution >= 0.6 is 11.8 Å². The number of carboxylic acids is 1. The summed E-state index contributed by atoms with van der Waals surface area (Å²) >= 11 is 0.850.